The van der Waals surface area contributed by atoms with Crippen LogP contribution in [0.5, 0.6) is 5.75 Å². The lowest BCUT2D eigenvalue weighted by atomic mass is 9.99. The number of benzene rings is 1. The van der Waals surface area contributed by atoms with Gasteiger partial charge in [0.05, 0.1) is 4.92 Å². The molecule has 0 bridgehead atoms. The molecule has 102 valence electrons. The molecule has 1 unspecified atom stereocenters. The van der Waals surface area contributed by atoms with Crippen LogP contribution >= 0.6 is 0 Å². The van der Waals surface area contributed by atoms with Gasteiger partial charge in [-0.05, 0) is 19.1 Å². The van der Waals surface area contributed by atoms with Crippen molar-refractivity contribution < 1.29 is 19.1 Å². The monoisotopic (exact) mass is 265 g/mol. The van der Waals surface area contributed by atoms with Gasteiger partial charge in [0.1, 0.15) is 5.75 Å². The smallest absolute Gasteiger partial charge is 0.270 e. The van der Waals surface area contributed by atoms with Crippen LogP contribution in [0.4, 0.5) is 5.69 Å². The molecule has 19 heavy (non-hydrogen) atoms. The zero-order valence-corrected chi connectivity index (χ0v) is 11.0. The van der Waals surface area contributed by atoms with Gasteiger partial charge in [0, 0.05) is 31.9 Å². The first-order valence-corrected chi connectivity index (χ1v) is 5.72. The van der Waals surface area contributed by atoms with Crippen molar-refractivity contribution in [2.75, 3.05) is 14.2 Å². The first kappa shape index (κ1) is 13.5. The molecule has 6 heteroatoms. The van der Waals surface area contributed by atoms with Crippen molar-refractivity contribution in [2.24, 2.45) is 0 Å². The van der Waals surface area contributed by atoms with Crippen molar-refractivity contribution in [2.45, 2.75) is 18.8 Å². The SMILES string of the molecule is COC(OC)C1(C)C=Cc2cc([N+](=O)[O-])ccc2O1. The molecule has 0 N–H and O–H groups in total. The van der Waals surface area contributed by atoms with Crippen LogP contribution in [0.2, 0.25) is 0 Å². The fourth-order valence-corrected chi connectivity index (χ4v) is 2.09. The minimum atomic E-state index is -0.771. The molecule has 1 aliphatic rings. The van der Waals surface area contributed by atoms with E-state index in [9.17, 15) is 10.1 Å². The molecule has 0 spiro atoms. The van der Waals surface area contributed by atoms with E-state index in [0.717, 1.165) is 0 Å². The quantitative estimate of drug-likeness (QED) is 0.475. The number of nitrogens with zero attached hydrogens (tertiary/aromatic N) is 1. The fraction of sp³-hybridized carbons (Fsp3) is 0.385. The third kappa shape index (κ3) is 2.45. The summed E-state index contributed by atoms with van der Waals surface area (Å²) in [5, 5.41) is 10.7. The van der Waals surface area contributed by atoms with E-state index in [2.05, 4.69) is 0 Å². The van der Waals surface area contributed by atoms with Crippen molar-refractivity contribution in [3.8, 4) is 5.75 Å². The summed E-state index contributed by atoms with van der Waals surface area (Å²) in [7, 11) is 3.06. The molecular weight excluding hydrogens is 250 g/mol. The van der Waals surface area contributed by atoms with E-state index in [1.54, 1.807) is 18.2 Å². The highest BCUT2D eigenvalue weighted by Gasteiger charge is 2.37. The van der Waals surface area contributed by atoms with Crippen molar-refractivity contribution in [3.63, 3.8) is 0 Å². The number of nitro groups is 1. The van der Waals surface area contributed by atoms with E-state index in [1.165, 1.54) is 26.4 Å². The van der Waals surface area contributed by atoms with E-state index < -0.39 is 16.8 Å². The van der Waals surface area contributed by atoms with E-state index in [-0.39, 0.29) is 5.69 Å². The Kier molecular flexibility index (Phi) is 3.55. The van der Waals surface area contributed by atoms with E-state index in [4.69, 9.17) is 14.2 Å². The van der Waals surface area contributed by atoms with Gasteiger partial charge in [-0.15, -0.1) is 0 Å². The maximum atomic E-state index is 10.7. The van der Waals surface area contributed by atoms with Gasteiger partial charge < -0.3 is 14.2 Å². The van der Waals surface area contributed by atoms with Gasteiger partial charge in [-0.25, -0.2) is 0 Å². The molecule has 0 aliphatic carbocycles. The van der Waals surface area contributed by atoms with E-state index in [0.29, 0.717) is 11.3 Å². The Bertz CT molecular complexity index is 524. The predicted octanol–water partition coefficient (Wildman–Crippen LogP) is 2.38. The summed E-state index contributed by atoms with van der Waals surface area (Å²) in [5.74, 6) is 0.565. The summed E-state index contributed by atoms with van der Waals surface area (Å²) in [6, 6.07) is 4.46. The third-order valence-corrected chi connectivity index (χ3v) is 3.02. The van der Waals surface area contributed by atoms with Crippen LogP contribution in [0.15, 0.2) is 24.3 Å². The first-order chi connectivity index (χ1) is 9.00. The molecule has 1 aromatic rings. The molecule has 6 nitrogen and oxygen atoms in total. The summed E-state index contributed by atoms with van der Waals surface area (Å²) in [4.78, 5) is 10.3. The number of hydrogen-bond donors (Lipinski definition) is 0. The average Bonchev–Trinajstić information content (AvgIpc) is 2.39. The maximum absolute atomic E-state index is 10.7. The molecule has 1 aromatic carbocycles. The van der Waals surface area contributed by atoms with Crippen molar-refractivity contribution in [3.05, 3.63) is 40.0 Å². The molecule has 0 aromatic heterocycles. The number of nitro benzene ring substituents is 1. The Balaban J connectivity index is 2.34. The number of fused-ring (bicyclic) bond motifs is 1. The number of rotatable bonds is 4. The number of hydrogen-bond acceptors (Lipinski definition) is 5. The van der Waals surface area contributed by atoms with Gasteiger partial charge in [0.25, 0.3) is 5.69 Å². The van der Waals surface area contributed by atoms with Crippen molar-refractivity contribution in [1.82, 2.24) is 0 Å². The second-order valence-electron chi connectivity index (χ2n) is 4.40. The van der Waals surface area contributed by atoms with Gasteiger partial charge in [0.2, 0.25) is 6.29 Å². The Morgan fingerprint density at radius 3 is 2.63 bits per heavy atom. The molecule has 0 saturated heterocycles. The van der Waals surface area contributed by atoms with Gasteiger partial charge in [0.15, 0.2) is 5.60 Å². The standard InChI is InChI=1S/C13H15NO5/c1-13(12(17-2)18-3)7-6-9-8-10(14(15)16)4-5-11(9)19-13/h4-8,12H,1-3H3. The van der Waals surface area contributed by atoms with Crippen LogP contribution < -0.4 is 4.74 Å². The molecule has 1 heterocycles. The van der Waals surface area contributed by atoms with Gasteiger partial charge >= 0.3 is 0 Å². The van der Waals surface area contributed by atoms with E-state index >= 15 is 0 Å². The highest BCUT2D eigenvalue weighted by molar-refractivity contribution is 5.64. The normalized spacial score (nSPS) is 21.1. The Hall–Kier alpha value is -1.92. The molecule has 0 fully saturated rings. The lowest BCUT2D eigenvalue weighted by molar-refractivity contribution is -0.384. The molecule has 0 amide bonds. The topological polar surface area (TPSA) is 70.8 Å². The van der Waals surface area contributed by atoms with Gasteiger partial charge in [-0.3, -0.25) is 10.1 Å². The average molecular weight is 265 g/mol. The van der Waals surface area contributed by atoms with Crippen LogP contribution in [0.3, 0.4) is 0 Å². The zero-order valence-electron chi connectivity index (χ0n) is 11.0. The number of methoxy groups -OCH3 is 2. The zero-order chi connectivity index (χ0) is 14.0. The van der Waals surface area contributed by atoms with Crippen LogP contribution in [0.1, 0.15) is 12.5 Å². The molecule has 2 rings (SSSR count). The molecule has 0 radical (unpaired) electrons. The van der Waals surface area contributed by atoms with Crippen LogP contribution in [-0.2, 0) is 9.47 Å². The third-order valence-electron chi connectivity index (χ3n) is 3.02. The minimum Gasteiger partial charge on any atom is -0.477 e. The second-order valence-corrected chi connectivity index (χ2v) is 4.40. The summed E-state index contributed by atoms with van der Waals surface area (Å²) < 4.78 is 16.3. The maximum Gasteiger partial charge on any atom is 0.270 e. The van der Waals surface area contributed by atoms with Crippen molar-refractivity contribution >= 4 is 11.8 Å². The predicted molar refractivity (Wildman–Crippen MR) is 69.0 cm³/mol. The number of non-ortho nitro benzene ring substituents is 1. The minimum absolute atomic E-state index is 0.0330. The van der Waals surface area contributed by atoms with E-state index in [1.807, 2.05) is 6.92 Å². The largest absolute Gasteiger partial charge is 0.477 e. The second kappa shape index (κ2) is 4.99. The highest BCUT2D eigenvalue weighted by Crippen LogP contribution is 2.35. The lowest BCUT2D eigenvalue weighted by Crippen LogP contribution is -2.46. The fourth-order valence-electron chi connectivity index (χ4n) is 2.09. The highest BCUT2D eigenvalue weighted by atomic mass is 16.7. The van der Waals surface area contributed by atoms with Crippen molar-refractivity contribution in [1.29, 1.82) is 0 Å². The summed E-state index contributed by atoms with van der Waals surface area (Å²) >= 11 is 0. The van der Waals surface area contributed by atoms with Gasteiger partial charge in [-0.1, -0.05) is 6.08 Å². The molecule has 0 saturated carbocycles. The molecular formula is C13H15NO5. The van der Waals surface area contributed by atoms with Gasteiger partial charge in [-0.2, -0.15) is 0 Å². The molecule has 1 atom stereocenters. The summed E-state index contributed by atoms with van der Waals surface area (Å²) in [5.41, 5.74) is -0.0737. The summed E-state index contributed by atoms with van der Waals surface area (Å²) in [6.45, 7) is 1.82. The first-order valence-electron chi connectivity index (χ1n) is 5.72. The Morgan fingerprint density at radius 2 is 2.05 bits per heavy atom. The van der Waals surface area contributed by atoms with Crippen LogP contribution in [-0.4, -0.2) is 31.0 Å². The lowest BCUT2D eigenvalue weighted by Gasteiger charge is -2.36. The van der Waals surface area contributed by atoms with Crippen LogP contribution in [0.25, 0.3) is 6.08 Å². The Labute approximate surface area is 110 Å². The molecule has 1 aliphatic heterocycles. The number of ether oxygens (including phenoxy) is 3. The van der Waals surface area contributed by atoms with Crippen LogP contribution in [0, 0.1) is 10.1 Å². The summed E-state index contributed by atoms with van der Waals surface area (Å²) in [6.07, 6.45) is 2.99. The Morgan fingerprint density at radius 1 is 1.37 bits per heavy atom.